The van der Waals surface area contributed by atoms with E-state index in [4.69, 9.17) is 28.2 Å². The highest BCUT2D eigenvalue weighted by Crippen LogP contribution is 2.34. The maximum absolute atomic E-state index is 13.9. The summed E-state index contributed by atoms with van der Waals surface area (Å²) in [6.45, 7) is 6.42. The number of hydrogen-bond donors (Lipinski definition) is 2. The van der Waals surface area contributed by atoms with Gasteiger partial charge in [-0.25, -0.2) is 18.2 Å². The van der Waals surface area contributed by atoms with E-state index >= 15 is 0 Å². The topological polar surface area (TPSA) is 79.3 Å². The molecular formula is C30H36Cl2F3N5O2. The molecule has 2 amide bonds. The average Bonchev–Trinajstić information content (AvgIpc) is 3.21. The predicted octanol–water partition coefficient (Wildman–Crippen LogP) is 6.46. The van der Waals surface area contributed by atoms with Crippen molar-refractivity contribution in [2.24, 2.45) is 12.5 Å². The van der Waals surface area contributed by atoms with Gasteiger partial charge in [-0.1, -0.05) is 50.0 Å². The number of fused-ring (bicyclic) bond motifs is 1. The van der Waals surface area contributed by atoms with Gasteiger partial charge in [-0.3, -0.25) is 9.59 Å². The Hall–Kier alpha value is -2.98. The van der Waals surface area contributed by atoms with E-state index in [1.54, 1.807) is 24.3 Å². The second kappa shape index (κ2) is 12.3. The van der Waals surface area contributed by atoms with Crippen molar-refractivity contribution in [1.82, 2.24) is 20.2 Å². The first-order valence-corrected chi connectivity index (χ1v) is 14.6. The Bertz CT molecular complexity index is 1490. The summed E-state index contributed by atoms with van der Waals surface area (Å²) < 4.78 is 42.8. The van der Waals surface area contributed by atoms with Gasteiger partial charge < -0.3 is 20.1 Å². The Labute approximate surface area is 253 Å². The van der Waals surface area contributed by atoms with Gasteiger partial charge in [0.05, 0.1) is 33.9 Å². The first-order chi connectivity index (χ1) is 19.5. The molecule has 1 saturated heterocycles. The lowest BCUT2D eigenvalue weighted by Gasteiger charge is -2.32. The number of carbonyl (C=O) groups excluding carboxylic acids is 2. The normalized spacial score (nSPS) is 14.9. The lowest BCUT2D eigenvalue weighted by Crippen LogP contribution is -2.38. The summed E-state index contributed by atoms with van der Waals surface area (Å²) in [5, 5.41) is 6.07. The van der Waals surface area contributed by atoms with Gasteiger partial charge >= 0.3 is 0 Å². The molecular weight excluding hydrogens is 590 g/mol. The number of piperidine rings is 1. The number of aryl methyl sites for hydroxylation is 1. The summed E-state index contributed by atoms with van der Waals surface area (Å²) in [6.07, 6.45) is -0.0364. The zero-order chi connectivity index (χ0) is 31.0. The van der Waals surface area contributed by atoms with Crippen LogP contribution in [0.3, 0.4) is 0 Å². The SMILES string of the molecule is Cn1c(Cc2c(Cl)ccc(CNC(=O)C(C)(C)C)c2Cl)nc2cc(C(=O)NCC(C)(F)F)c(N3CCC(F)CC3)cc21. The fourth-order valence-corrected chi connectivity index (χ4v) is 5.41. The number of amides is 2. The molecule has 1 aliphatic heterocycles. The summed E-state index contributed by atoms with van der Waals surface area (Å²) in [7, 11) is 1.83. The summed E-state index contributed by atoms with van der Waals surface area (Å²) in [5.74, 6) is -3.23. The number of benzene rings is 2. The molecule has 42 heavy (non-hydrogen) atoms. The van der Waals surface area contributed by atoms with Crippen LogP contribution in [0.25, 0.3) is 11.0 Å². The number of aromatic nitrogens is 2. The molecule has 0 atom stereocenters. The molecule has 0 aliphatic carbocycles. The zero-order valence-electron chi connectivity index (χ0n) is 24.4. The Morgan fingerprint density at radius 1 is 1.07 bits per heavy atom. The van der Waals surface area contributed by atoms with E-state index in [1.165, 1.54) is 0 Å². The van der Waals surface area contributed by atoms with Gasteiger partial charge in [-0.05, 0) is 42.2 Å². The number of nitrogens with one attached hydrogen (secondary N) is 2. The number of nitrogens with zero attached hydrogens (tertiary/aromatic N) is 3. The number of carbonyl (C=O) groups is 2. The third-order valence-electron chi connectivity index (χ3n) is 7.38. The van der Waals surface area contributed by atoms with Crippen molar-refractivity contribution < 1.29 is 22.8 Å². The van der Waals surface area contributed by atoms with Crippen LogP contribution in [-0.2, 0) is 24.8 Å². The van der Waals surface area contributed by atoms with Crippen molar-refractivity contribution in [3.8, 4) is 0 Å². The highest BCUT2D eigenvalue weighted by Gasteiger charge is 2.28. The van der Waals surface area contributed by atoms with Crippen LogP contribution in [0.15, 0.2) is 24.3 Å². The molecule has 1 aliphatic rings. The van der Waals surface area contributed by atoms with E-state index in [-0.39, 0.29) is 24.4 Å². The van der Waals surface area contributed by atoms with Gasteiger partial charge in [0.2, 0.25) is 5.91 Å². The monoisotopic (exact) mass is 625 g/mol. The highest BCUT2D eigenvalue weighted by atomic mass is 35.5. The van der Waals surface area contributed by atoms with Gasteiger partial charge in [-0.15, -0.1) is 0 Å². The largest absolute Gasteiger partial charge is 0.371 e. The maximum Gasteiger partial charge on any atom is 0.262 e. The van der Waals surface area contributed by atoms with Gasteiger partial charge in [0.25, 0.3) is 11.8 Å². The van der Waals surface area contributed by atoms with Crippen LogP contribution < -0.4 is 15.5 Å². The molecule has 2 N–H and O–H groups in total. The number of rotatable bonds is 8. The first-order valence-electron chi connectivity index (χ1n) is 13.8. The number of hydrogen-bond acceptors (Lipinski definition) is 4. The average molecular weight is 627 g/mol. The van der Waals surface area contributed by atoms with Crippen LogP contribution in [0.5, 0.6) is 0 Å². The van der Waals surface area contributed by atoms with E-state index in [1.807, 2.05) is 37.3 Å². The van der Waals surface area contributed by atoms with E-state index in [2.05, 4.69) is 10.6 Å². The lowest BCUT2D eigenvalue weighted by molar-refractivity contribution is -0.128. The molecule has 7 nitrogen and oxygen atoms in total. The molecule has 0 bridgehead atoms. The molecule has 12 heteroatoms. The summed E-state index contributed by atoms with van der Waals surface area (Å²) in [5.41, 5.74) is 2.72. The fourth-order valence-electron chi connectivity index (χ4n) is 4.84. The molecule has 1 fully saturated rings. The van der Waals surface area contributed by atoms with Crippen LogP contribution >= 0.6 is 23.2 Å². The molecule has 1 aromatic heterocycles. The van der Waals surface area contributed by atoms with Crippen LogP contribution in [0.1, 0.15) is 67.8 Å². The van der Waals surface area contributed by atoms with Gasteiger partial charge in [0.1, 0.15) is 12.0 Å². The van der Waals surface area contributed by atoms with Crippen molar-refractivity contribution in [2.45, 2.75) is 65.6 Å². The summed E-state index contributed by atoms with van der Waals surface area (Å²) in [6, 6.07) is 6.87. The molecule has 2 heterocycles. The minimum atomic E-state index is -3.08. The van der Waals surface area contributed by atoms with Crippen LogP contribution in [0.4, 0.5) is 18.9 Å². The highest BCUT2D eigenvalue weighted by molar-refractivity contribution is 6.36. The Kier molecular flexibility index (Phi) is 9.37. The minimum absolute atomic E-state index is 0.112. The number of imidazole rings is 1. The molecule has 0 radical (unpaired) electrons. The van der Waals surface area contributed by atoms with Crippen molar-refractivity contribution >= 4 is 51.7 Å². The van der Waals surface area contributed by atoms with Crippen molar-refractivity contribution in [3.05, 3.63) is 56.8 Å². The Morgan fingerprint density at radius 3 is 2.36 bits per heavy atom. The number of anilines is 1. The minimum Gasteiger partial charge on any atom is -0.371 e. The van der Waals surface area contributed by atoms with Crippen molar-refractivity contribution in [3.63, 3.8) is 0 Å². The van der Waals surface area contributed by atoms with Crippen LogP contribution in [0, 0.1) is 5.41 Å². The number of alkyl halides is 3. The summed E-state index contributed by atoms with van der Waals surface area (Å²) >= 11 is 13.3. The molecule has 4 rings (SSSR count). The third kappa shape index (κ3) is 7.32. The van der Waals surface area contributed by atoms with Crippen LogP contribution in [-0.4, -0.2) is 53.1 Å². The first kappa shape index (κ1) is 31.9. The molecule has 2 aromatic carbocycles. The maximum atomic E-state index is 13.9. The fraction of sp³-hybridized carbons (Fsp3) is 0.500. The Balaban J connectivity index is 1.70. The van der Waals surface area contributed by atoms with E-state index in [0.29, 0.717) is 69.6 Å². The third-order valence-corrected chi connectivity index (χ3v) is 8.21. The van der Waals surface area contributed by atoms with Crippen molar-refractivity contribution in [1.29, 1.82) is 0 Å². The van der Waals surface area contributed by atoms with Gasteiger partial charge in [-0.2, -0.15) is 0 Å². The Morgan fingerprint density at radius 2 is 1.74 bits per heavy atom. The molecule has 0 unspecified atom stereocenters. The second-order valence-corrected chi connectivity index (χ2v) is 12.8. The van der Waals surface area contributed by atoms with Crippen molar-refractivity contribution in [2.75, 3.05) is 24.5 Å². The van der Waals surface area contributed by atoms with Gasteiger partial charge in [0, 0.05) is 50.5 Å². The second-order valence-electron chi connectivity index (χ2n) is 12.0. The van der Waals surface area contributed by atoms with E-state index in [0.717, 1.165) is 6.92 Å². The molecule has 0 spiro atoms. The van der Waals surface area contributed by atoms with E-state index < -0.39 is 30.0 Å². The van der Waals surface area contributed by atoms with E-state index in [9.17, 15) is 22.8 Å². The molecule has 228 valence electrons. The zero-order valence-corrected chi connectivity index (χ0v) is 25.9. The quantitative estimate of drug-likeness (QED) is 0.301. The predicted molar refractivity (Wildman–Crippen MR) is 161 cm³/mol. The molecule has 3 aromatic rings. The smallest absolute Gasteiger partial charge is 0.262 e. The standard InChI is InChI=1S/C30H36Cl2F3N5O2/c1-29(2,3)28(42)36-15-17-6-7-21(31)19(26(17)32)13-25-38-22-12-20(27(41)37-16-30(4,34)35)23(14-24(22)39(25)5)40-10-8-18(33)9-11-40/h6-7,12,14,18H,8-11,13,15-16H2,1-5H3,(H,36,42)(H,37,41). The number of halogens is 5. The summed E-state index contributed by atoms with van der Waals surface area (Å²) in [4.78, 5) is 32.1. The lowest BCUT2D eigenvalue weighted by atomic mass is 9.95. The molecule has 0 saturated carbocycles. The van der Waals surface area contributed by atoms with Crippen LogP contribution in [0.2, 0.25) is 10.0 Å². The van der Waals surface area contributed by atoms with Gasteiger partial charge in [0.15, 0.2) is 0 Å².